The van der Waals surface area contributed by atoms with E-state index in [0.717, 1.165) is 12.0 Å². The number of rotatable bonds is 3. The molecule has 0 unspecified atom stereocenters. The first kappa shape index (κ1) is 15.1. The third kappa shape index (κ3) is 2.62. The minimum Gasteiger partial charge on any atom is -0.478 e. The van der Waals surface area contributed by atoms with E-state index >= 15 is 0 Å². The molecule has 0 amide bonds. The smallest absolute Gasteiger partial charge is 0.335 e. The lowest BCUT2D eigenvalue weighted by atomic mass is 10.0. The molecule has 22 heavy (non-hydrogen) atoms. The van der Waals surface area contributed by atoms with Crippen molar-refractivity contribution in [3.05, 3.63) is 41.5 Å². The molecule has 1 aromatic carbocycles. The van der Waals surface area contributed by atoms with E-state index in [9.17, 15) is 13.2 Å². The fraction of sp³-hybridized carbons (Fsp3) is 0.400. The summed E-state index contributed by atoms with van der Waals surface area (Å²) in [6.45, 7) is 1.31. The molecule has 0 aliphatic carbocycles. The summed E-state index contributed by atoms with van der Waals surface area (Å²) in [5.41, 5.74) is 1.58. The number of carboxylic acids is 1. The van der Waals surface area contributed by atoms with Crippen molar-refractivity contribution in [2.24, 2.45) is 0 Å². The molecule has 2 aliphatic heterocycles. The van der Waals surface area contributed by atoms with Gasteiger partial charge in [-0.25, -0.2) is 4.79 Å². The summed E-state index contributed by atoms with van der Waals surface area (Å²) in [4.78, 5) is 11.1. The Bertz CT molecular complexity index is 727. The average molecular weight is 322 g/mol. The number of hydrogen-bond acceptors (Lipinski definition) is 3. The van der Waals surface area contributed by atoms with Crippen LogP contribution in [-0.2, 0) is 16.6 Å². The van der Waals surface area contributed by atoms with Gasteiger partial charge in [-0.05, 0) is 43.0 Å². The molecule has 0 aromatic heterocycles. The highest BCUT2D eigenvalue weighted by Crippen LogP contribution is 2.31. The second-order valence-electron chi connectivity index (χ2n) is 5.45. The van der Waals surface area contributed by atoms with Gasteiger partial charge < -0.3 is 5.11 Å². The van der Waals surface area contributed by atoms with Gasteiger partial charge in [0.15, 0.2) is 0 Å². The fourth-order valence-corrected chi connectivity index (χ4v) is 4.58. The third-order valence-corrected chi connectivity index (χ3v) is 5.95. The van der Waals surface area contributed by atoms with Gasteiger partial charge in [0.05, 0.1) is 11.3 Å². The molecule has 7 heteroatoms. The van der Waals surface area contributed by atoms with Crippen LogP contribution in [-0.4, -0.2) is 43.4 Å². The molecule has 0 bridgehead atoms. The SMILES string of the molecule is O=C(O)c1ccc2c(c1)CCCN2S(=O)(=O)N1CC=CCC1. The molecule has 2 aliphatic rings. The first-order valence-electron chi connectivity index (χ1n) is 7.29. The number of benzene rings is 1. The number of anilines is 1. The lowest BCUT2D eigenvalue weighted by molar-refractivity contribution is 0.0696. The Hall–Kier alpha value is -1.86. The van der Waals surface area contributed by atoms with Gasteiger partial charge in [-0.15, -0.1) is 0 Å². The van der Waals surface area contributed by atoms with Crippen molar-refractivity contribution in [1.82, 2.24) is 4.31 Å². The number of aromatic carboxylic acids is 1. The van der Waals surface area contributed by atoms with E-state index in [1.54, 1.807) is 12.1 Å². The maximum absolute atomic E-state index is 12.8. The molecule has 0 radical (unpaired) electrons. The van der Waals surface area contributed by atoms with Crippen molar-refractivity contribution in [2.75, 3.05) is 23.9 Å². The standard InChI is InChI=1S/C15H18N2O4S/c18-15(19)13-6-7-14-12(11-13)5-4-10-17(14)22(20,21)16-8-2-1-3-9-16/h1-2,6-7,11H,3-5,8-10H2,(H,18,19). The van der Waals surface area contributed by atoms with Crippen LogP contribution >= 0.6 is 0 Å². The zero-order valence-corrected chi connectivity index (χ0v) is 12.9. The molecule has 1 aromatic rings. The predicted octanol–water partition coefficient (Wildman–Crippen LogP) is 1.64. The Morgan fingerprint density at radius 3 is 2.68 bits per heavy atom. The molecular formula is C15H18N2O4S. The Morgan fingerprint density at radius 2 is 2.00 bits per heavy atom. The molecular weight excluding hydrogens is 304 g/mol. The largest absolute Gasteiger partial charge is 0.478 e. The summed E-state index contributed by atoms with van der Waals surface area (Å²) in [5.74, 6) is -0.996. The zero-order chi connectivity index (χ0) is 15.7. The average Bonchev–Trinajstić information content (AvgIpc) is 2.54. The third-order valence-electron chi connectivity index (χ3n) is 4.03. The van der Waals surface area contributed by atoms with Crippen LogP contribution in [0.1, 0.15) is 28.8 Å². The highest BCUT2D eigenvalue weighted by atomic mass is 32.2. The molecule has 3 rings (SSSR count). The summed E-state index contributed by atoms with van der Waals surface area (Å²) in [6.07, 6.45) is 5.95. The van der Waals surface area contributed by atoms with E-state index in [2.05, 4.69) is 0 Å². The van der Waals surface area contributed by atoms with Crippen LogP contribution in [0.4, 0.5) is 5.69 Å². The molecule has 118 valence electrons. The summed E-state index contributed by atoms with van der Waals surface area (Å²) >= 11 is 0. The Kier molecular flexibility index (Phi) is 3.92. The second kappa shape index (κ2) is 5.73. The summed E-state index contributed by atoms with van der Waals surface area (Å²) in [6, 6.07) is 4.65. The van der Waals surface area contributed by atoms with Crippen molar-refractivity contribution in [3.63, 3.8) is 0 Å². The van der Waals surface area contributed by atoms with Crippen molar-refractivity contribution in [2.45, 2.75) is 19.3 Å². The lowest BCUT2D eigenvalue weighted by Gasteiger charge is -2.35. The van der Waals surface area contributed by atoms with Crippen molar-refractivity contribution in [1.29, 1.82) is 0 Å². The normalized spacial score (nSPS) is 19.0. The quantitative estimate of drug-likeness (QED) is 0.858. The van der Waals surface area contributed by atoms with E-state index in [1.807, 2.05) is 12.2 Å². The van der Waals surface area contributed by atoms with Gasteiger partial charge in [0, 0.05) is 19.6 Å². The van der Waals surface area contributed by atoms with Crippen LogP contribution in [0.2, 0.25) is 0 Å². The molecule has 0 atom stereocenters. The van der Waals surface area contributed by atoms with Crippen LogP contribution < -0.4 is 4.31 Å². The molecule has 6 nitrogen and oxygen atoms in total. The van der Waals surface area contributed by atoms with Crippen LogP contribution in [0, 0.1) is 0 Å². The number of hydrogen-bond donors (Lipinski definition) is 1. The van der Waals surface area contributed by atoms with Gasteiger partial charge in [0.2, 0.25) is 0 Å². The molecule has 0 saturated carbocycles. The van der Waals surface area contributed by atoms with Crippen molar-refractivity contribution < 1.29 is 18.3 Å². The maximum Gasteiger partial charge on any atom is 0.335 e. The van der Waals surface area contributed by atoms with Gasteiger partial charge in [0.1, 0.15) is 0 Å². The van der Waals surface area contributed by atoms with Gasteiger partial charge >= 0.3 is 16.2 Å². The Morgan fingerprint density at radius 1 is 1.18 bits per heavy atom. The number of carboxylic acid groups (broad SMARTS) is 1. The molecule has 0 spiro atoms. The lowest BCUT2D eigenvalue weighted by Crippen LogP contribution is -2.47. The number of carbonyl (C=O) groups is 1. The van der Waals surface area contributed by atoms with E-state index in [0.29, 0.717) is 38.2 Å². The van der Waals surface area contributed by atoms with Crippen LogP contribution in [0.3, 0.4) is 0 Å². The topological polar surface area (TPSA) is 77.9 Å². The van der Waals surface area contributed by atoms with Crippen LogP contribution in [0.25, 0.3) is 0 Å². The van der Waals surface area contributed by atoms with Crippen LogP contribution in [0.5, 0.6) is 0 Å². The minimum atomic E-state index is -3.56. The highest BCUT2D eigenvalue weighted by Gasteiger charge is 2.33. The first-order valence-corrected chi connectivity index (χ1v) is 8.69. The fourth-order valence-electron chi connectivity index (χ4n) is 2.90. The van der Waals surface area contributed by atoms with Crippen molar-refractivity contribution in [3.8, 4) is 0 Å². The van der Waals surface area contributed by atoms with Gasteiger partial charge in [-0.1, -0.05) is 12.2 Å². The summed E-state index contributed by atoms with van der Waals surface area (Å²) < 4.78 is 28.5. The number of nitrogens with zero attached hydrogens (tertiary/aromatic N) is 2. The molecule has 1 N–H and O–H groups in total. The van der Waals surface area contributed by atoms with E-state index in [-0.39, 0.29) is 5.56 Å². The number of aryl methyl sites for hydroxylation is 1. The highest BCUT2D eigenvalue weighted by molar-refractivity contribution is 7.90. The monoisotopic (exact) mass is 322 g/mol. The minimum absolute atomic E-state index is 0.193. The van der Waals surface area contributed by atoms with E-state index in [1.165, 1.54) is 14.7 Å². The molecule has 0 saturated heterocycles. The summed E-state index contributed by atoms with van der Waals surface area (Å²) in [7, 11) is -3.56. The molecule has 2 heterocycles. The van der Waals surface area contributed by atoms with Crippen molar-refractivity contribution >= 4 is 21.9 Å². The van der Waals surface area contributed by atoms with Gasteiger partial charge in [0.25, 0.3) is 0 Å². The molecule has 0 fully saturated rings. The Labute approximate surface area is 129 Å². The predicted molar refractivity (Wildman–Crippen MR) is 83.3 cm³/mol. The van der Waals surface area contributed by atoms with Gasteiger partial charge in [-0.3, -0.25) is 4.31 Å². The Balaban J connectivity index is 1.97. The van der Waals surface area contributed by atoms with E-state index < -0.39 is 16.2 Å². The second-order valence-corrected chi connectivity index (χ2v) is 7.30. The number of fused-ring (bicyclic) bond motifs is 1. The zero-order valence-electron chi connectivity index (χ0n) is 12.1. The maximum atomic E-state index is 12.8. The summed E-state index contributed by atoms with van der Waals surface area (Å²) in [5, 5.41) is 9.07. The van der Waals surface area contributed by atoms with Crippen LogP contribution in [0.15, 0.2) is 30.4 Å². The van der Waals surface area contributed by atoms with E-state index in [4.69, 9.17) is 5.11 Å². The first-order chi connectivity index (χ1) is 10.5. The van der Waals surface area contributed by atoms with Gasteiger partial charge in [-0.2, -0.15) is 12.7 Å².